The van der Waals surface area contributed by atoms with Crippen LogP contribution in [-0.4, -0.2) is 13.1 Å². The molecule has 9 heteroatoms. The average molecular weight is 380 g/mol. The predicted molar refractivity (Wildman–Crippen MR) is 69.8 cm³/mol. The van der Waals surface area contributed by atoms with Gasteiger partial charge in [0.1, 0.15) is 5.82 Å². The van der Waals surface area contributed by atoms with Crippen LogP contribution < -0.4 is 0 Å². The van der Waals surface area contributed by atoms with Crippen molar-refractivity contribution in [1.82, 2.24) is 0 Å². The van der Waals surface area contributed by atoms with Crippen LogP contribution in [0.1, 0.15) is 20.8 Å². The zero-order valence-electron chi connectivity index (χ0n) is 12.2. The van der Waals surface area contributed by atoms with Gasteiger partial charge in [-0.1, -0.05) is 26.5 Å². The molecular weight excluding hydrogens is 363 g/mol. The molecule has 118 valence electrons. The third kappa shape index (κ3) is 6.40. The summed E-state index contributed by atoms with van der Waals surface area (Å²) in [7, 11) is -1.67. The van der Waals surface area contributed by atoms with E-state index in [1.54, 1.807) is 5.54 Å². The van der Waals surface area contributed by atoms with E-state index in [0.29, 0.717) is 0 Å². The van der Waals surface area contributed by atoms with Crippen LogP contribution in [0.3, 0.4) is 0 Å². The second-order valence-corrected chi connectivity index (χ2v) is 8.76. The maximum atomic E-state index is 12.3. The average Bonchev–Trinajstić information content (AvgIpc) is 2.48. The summed E-state index contributed by atoms with van der Waals surface area (Å²) in [5.74, 6) is -7.60. The van der Waals surface area contributed by atoms with Crippen LogP contribution >= 0.6 is 0 Å². The van der Waals surface area contributed by atoms with Crippen molar-refractivity contribution in [1.29, 1.82) is 0 Å². The molecule has 0 aliphatic heterocycles. The monoisotopic (exact) mass is 378 g/mol. The number of halogens is 5. The summed E-state index contributed by atoms with van der Waals surface area (Å²) in [4.78, 5) is 9.58. The Morgan fingerprint density at radius 3 is 1.67 bits per heavy atom. The molecular formula is C12H17F5NOSiZn-. The molecule has 0 heterocycles. The van der Waals surface area contributed by atoms with Crippen LogP contribution in [0.4, 0.5) is 27.7 Å². The number of hydrogen-bond donors (Lipinski definition) is 1. The number of benzene rings is 1. The van der Waals surface area contributed by atoms with Crippen molar-refractivity contribution in [3.05, 3.63) is 34.9 Å². The summed E-state index contributed by atoms with van der Waals surface area (Å²) < 4.78 is 60.3. The molecule has 0 aliphatic rings. The smallest absolute Gasteiger partial charge is 0.197 e. The topological polar surface area (TPSA) is 34.3 Å². The van der Waals surface area contributed by atoms with Gasteiger partial charge in [0.25, 0.3) is 0 Å². The predicted octanol–water partition coefficient (Wildman–Crippen LogP) is 5.11. The first-order chi connectivity index (χ1) is 9.26. The third-order valence-electron chi connectivity index (χ3n) is 3.15. The molecule has 0 radical (unpaired) electrons. The Kier molecular flexibility index (Phi) is 11.1. The molecule has 0 aliphatic carbocycles. The van der Waals surface area contributed by atoms with E-state index in [1.807, 2.05) is 0 Å². The minimum absolute atomic E-state index is 0. The summed E-state index contributed by atoms with van der Waals surface area (Å²) in [5, 5.41) is 0. The van der Waals surface area contributed by atoms with Gasteiger partial charge in [-0.3, -0.25) is 0 Å². The van der Waals surface area contributed by atoms with Crippen molar-refractivity contribution >= 4 is 14.0 Å². The number of rotatable bonds is 4. The van der Waals surface area contributed by atoms with Crippen molar-refractivity contribution in [2.75, 3.05) is 0 Å². The van der Waals surface area contributed by atoms with Crippen LogP contribution in [0.5, 0.6) is 0 Å². The fraction of sp³-hybridized carbons (Fsp3) is 0.500. The molecule has 1 aromatic carbocycles. The van der Waals surface area contributed by atoms with Crippen molar-refractivity contribution in [3.8, 4) is 0 Å². The molecule has 0 saturated heterocycles. The molecule has 0 bridgehead atoms. The van der Waals surface area contributed by atoms with E-state index >= 15 is 0 Å². The Balaban J connectivity index is 0. The first-order valence-electron chi connectivity index (χ1n) is 6.13. The van der Waals surface area contributed by atoms with Crippen LogP contribution in [0.15, 0.2) is 6.07 Å². The standard InChI is InChI=1S/C6HF5N.C6H16OSi.Zn/c7-2-1-3(12-11)5(9)6(10)4(2)8;1-4-8(7,5-2)6-3;/h1H;7H,4-6H2,1-3H3;/q-1;;. The molecule has 0 atom stereocenters. The van der Waals surface area contributed by atoms with E-state index in [9.17, 15) is 26.8 Å². The van der Waals surface area contributed by atoms with E-state index in [2.05, 4.69) is 20.8 Å². The minimum atomic E-state index is -2.08. The van der Waals surface area contributed by atoms with Gasteiger partial charge in [-0.15, -0.1) is 0 Å². The maximum Gasteiger partial charge on any atom is 0.197 e. The Bertz CT molecular complexity index is 438. The van der Waals surface area contributed by atoms with Crippen LogP contribution in [-0.2, 0) is 19.5 Å². The van der Waals surface area contributed by atoms with E-state index in [0.717, 1.165) is 18.1 Å². The van der Waals surface area contributed by atoms with Crippen molar-refractivity contribution in [3.63, 3.8) is 0 Å². The van der Waals surface area contributed by atoms with E-state index < -0.39 is 37.3 Å². The van der Waals surface area contributed by atoms with Crippen LogP contribution in [0.2, 0.25) is 18.1 Å². The van der Waals surface area contributed by atoms with Gasteiger partial charge in [0.15, 0.2) is 25.8 Å². The first kappa shape index (κ1) is 22.7. The van der Waals surface area contributed by atoms with Gasteiger partial charge in [0.2, 0.25) is 0 Å². The Morgan fingerprint density at radius 2 is 1.38 bits per heavy atom. The van der Waals surface area contributed by atoms with E-state index in [1.165, 1.54) is 0 Å². The van der Waals surface area contributed by atoms with Gasteiger partial charge in [-0.25, -0.2) is 17.6 Å². The maximum absolute atomic E-state index is 12.3. The molecule has 2 nitrogen and oxygen atoms in total. The molecule has 0 fully saturated rings. The second kappa shape index (κ2) is 10.2. The van der Waals surface area contributed by atoms with Gasteiger partial charge < -0.3 is 14.8 Å². The third-order valence-corrected chi connectivity index (χ3v) is 7.10. The van der Waals surface area contributed by atoms with Crippen molar-refractivity contribution < 1.29 is 46.3 Å². The SMILES string of the molecule is CC[Si](O)(CC)CC.F[N-]c1cc(F)c(F)c(F)c1F.[Zn]. The van der Waals surface area contributed by atoms with Gasteiger partial charge in [0.05, 0.1) is 0 Å². The molecule has 1 rings (SSSR count). The minimum Gasteiger partial charge on any atom is -0.518 e. The molecule has 0 spiro atoms. The fourth-order valence-electron chi connectivity index (χ4n) is 1.37. The summed E-state index contributed by atoms with van der Waals surface area (Å²) in [6.07, 6.45) is 0. The van der Waals surface area contributed by atoms with Crippen LogP contribution in [0.25, 0.3) is 5.54 Å². The molecule has 1 N–H and O–H groups in total. The molecule has 0 saturated carbocycles. The molecule has 1 aromatic rings. The number of nitrogens with zero attached hydrogens (tertiary/aromatic N) is 1. The molecule has 21 heavy (non-hydrogen) atoms. The van der Waals surface area contributed by atoms with Gasteiger partial charge in [0, 0.05) is 19.5 Å². The summed E-state index contributed by atoms with van der Waals surface area (Å²) in [6.45, 7) is 6.25. The van der Waals surface area contributed by atoms with Crippen molar-refractivity contribution in [2.45, 2.75) is 38.9 Å². The van der Waals surface area contributed by atoms with Crippen LogP contribution in [0, 0.1) is 23.3 Å². The van der Waals surface area contributed by atoms with Gasteiger partial charge in [-0.2, -0.15) is 0 Å². The molecule has 0 aromatic heterocycles. The van der Waals surface area contributed by atoms with Gasteiger partial charge in [-0.05, 0) is 24.2 Å². The summed E-state index contributed by atoms with van der Waals surface area (Å²) in [5.41, 5.74) is 0.509. The van der Waals surface area contributed by atoms with E-state index in [4.69, 9.17) is 0 Å². The largest absolute Gasteiger partial charge is 0.518 e. The second-order valence-electron chi connectivity index (χ2n) is 4.19. The summed E-state index contributed by atoms with van der Waals surface area (Å²) in [6, 6.07) is 3.16. The summed E-state index contributed by atoms with van der Waals surface area (Å²) >= 11 is 0. The molecule has 0 unspecified atom stereocenters. The Labute approximate surface area is 134 Å². The van der Waals surface area contributed by atoms with E-state index in [-0.39, 0.29) is 25.5 Å². The van der Waals surface area contributed by atoms with Crippen molar-refractivity contribution in [2.24, 2.45) is 0 Å². The Morgan fingerprint density at radius 1 is 0.952 bits per heavy atom. The fourth-order valence-corrected chi connectivity index (χ4v) is 2.87. The zero-order valence-corrected chi connectivity index (χ0v) is 16.2. The Hall–Kier alpha value is -0.530. The first-order valence-corrected chi connectivity index (χ1v) is 8.70. The quantitative estimate of drug-likeness (QED) is 0.335. The zero-order chi connectivity index (χ0) is 15.9. The normalized spacial score (nSPS) is 10.3. The number of hydrogen-bond acceptors (Lipinski definition) is 1. The van der Waals surface area contributed by atoms with Gasteiger partial charge >= 0.3 is 0 Å². The molecule has 0 amide bonds.